The van der Waals surface area contributed by atoms with E-state index in [4.69, 9.17) is 0 Å². The highest BCUT2D eigenvalue weighted by Crippen LogP contribution is 2.03. The van der Waals surface area contributed by atoms with Crippen molar-refractivity contribution in [2.24, 2.45) is 5.92 Å². The molecule has 0 saturated heterocycles. The third kappa shape index (κ3) is 5.92. The van der Waals surface area contributed by atoms with Crippen molar-refractivity contribution >= 4 is 15.9 Å². The topological polar surface area (TPSA) is 0 Å². The summed E-state index contributed by atoms with van der Waals surface area (Å²) >= 11 is 3.40. The van der Waals surface area contributed by atoms with E-state index in [0.717, 1.165) is 18.2 Å². The van der Waals surface area contributed by atoms with Gasteiger partial charge >= 0.3 is 0 Å². The molecule has 0 nitrogen and oxygen atoms in total. The van der Waals surface area contributed by atoms with Crippen LogP contribution < -0.4 is 0 Å². The van der Waals surface area contributed by atoms with Crippen molar-refractivity contribution in [1.29, 1.82) is 0 Å². The molecule has 0 aromatic heterocycles. The first kappa shape index (κ1) is 9.04. The molecule has 0 amide bonds. The van der Waals surface area contributed by atoms with Crippen molar-refractivity contribution in [3.8, 4) is 11.8 Å². The van der Waals surface area contributed by atoms with Gasteiger partial charge in [-0.1, -0.05) is 29.8 Å². The number of alkyl halides is 1. The van der Waals surface area contributed by atoms with Crippen molar-refractivity contribution in [2.75, 3.05) is 5.33 Å². The first-order valence-electron chi connectivity index (χ1n) is 3.33. The molecule has 0 saturated carbocycles. The second-order valence-electron chi connectivity index (χ2n) is 2.17. The summed E-state index contributed by atoms with van der Waals surface area (Å²) < 4.78 is 0. The second-order valence-corrected chi connectivity index (χ2v) is 2.82. The van der Waals surface area contributed by atoms with E-state index < -0.39 is 0 Å². The predicted molar refractivity (Wildman–Crippen MR) is 45.6 cm³/mol. The molecular formula is C8H13Br. The number of rotatable bonds is 2. The average molecular weight is 189 g/mol. The summed E-state index contributed by atoms with van der Waals surface area (Å²) in [6.07, 6.45) is 2.01. The SMILES string of the molecule is CCC#CCC(C)CBr. The lowest BCUT2D eigenvalue weighted by Gasteiger charge is -1.97. The van der Waals surface area contributed by atoms with E-state index in [1.54, 1.807) is 0 Å². The van der Waals surface area contributed by atoms with Gasteiger partial charge in [-0.3, -0.25) is 0 Å². The van der Waals surface area contributed by atoms with Crippen LogP contribution in [0.1, 0.15) is 26.7 Å². The summed E-state index contributed by atoms with van der Waals surface area (Å²) in [5.41, 5.74) is 0. The van der Waals surface area contributed by atoms with Crippen molar-refractivity contribution in [3.05, 3.63) is 0 Å². The Kier molecular flexibility index (Phi) is 6.19. The fraction of sp³-hybridized carbons (Fsp3) is 0.750. The molecule has 0 fully saturated rings. The molecule has 0 radical (unpaired) electrons. The van der Waals surface area contributed by atoms with Gasteiger partial charge in [0.15, 0.2) is 0 Å². The Hall–Kier alpha value is 0.0400. The standard InChI is InChI=1S/C8H13Br/c1-3-4-5-6-8(2)7-9/h8H,3,6-7H2,1-2H3. The largest absolute Gasteiger partial charge is 0.104 e. The molecule has 0 rings (SSSR count). The predicted octanol–water partition coefficient (Wildman–Crippen LogP) is 2.82. The molecule has 52 valence electrons. The van der Waals surface area contributed by atoms with Gasteiger partial charge < -0.3 is 0 Å². The minimum Gasteiger partial charge on any atom is -0.104 e. The highest BCUT2D eigenvalue weighted by molar-refractivity contribution is 9.09. The third-order valence-electron chi connectivity index (χ3n) is 1.02. The molecular weight excluding hydrogens is 176 g/mol. The minimum atomic E-state index is 0.698. The molecule has 0 bridgehead atoms. The van der Waals surface area contributed by atoms with Gasteiger partial charge in [0.2, 0.25) is 0 Å². The molecule has 0 aliphatic rings. The van der Waals surface area contributed by atoms with Gasteiger partial charge in [0, 0.05) is 18.2 Å². The Morgan fingerprint density at radius 2 is 2.11 bits per heavy atom. The number of hydrogen-bond acceptors (Lipinski definition) is 0. The Morgan fingerprint density at radius 3 is 2.56 bits per heavy atom. The van der Waals surface area contributed by atoms with Gasteiger partial charge in [-0.15, -0.1) is 11.8 Å². The molecule has 0 spiro atoms. The normalized spacial score (nSPS) is 11.9. The van der Waals surface area contributed by atoms with Crippen LogP contribution in [0.15, 0.2) is 0 Å². The van der Waals surface area contributed by atoms with Crippen molar-refractivity contribution in [3.63, 3.8) is 0 Å². The van der Waals surface area contributed by atoms with Crippen LogP contribution in [0.2, 0.25) is 0 Å². The molecule has 1 heteroatoms. The zero-order chi connectivity index (χ0) is 7.11. The van der Waals surface area contributed by atoms with Crippen LogP contribution in [-0.4, -0.2) is 5.33 Å². The summed E-state index contributed by atoms with van der Waals surface area (Å²) in [6.45, 7) is 4.27. The molecule has 0 heterocycles. The van der Waals surface area contributed by atoms with Crippen molar-refractivity contribution in [2.45, 2.75) is 26.7 Å². The quantitative estimate of drug-likeness (QED) is 0.462. The van der Waals surface area contributed by atoms with E-state index in [9.17, 15) is 0 Å². The third-order valence-corrected chi connectivity index (χ3v) is 2.12. The zero-order valence-corrected chi connectivity index (χ0v) is 7.66. The Labute approximate surface area is 66.2 Å². The van der Waals surface area contributed by atoms with Crippen LogP contribution in [0.4, 0.5) is 0 Å². The van der Waals surface area contributed by atoms with Gasteiger partial charge in [0.05, 0.1) is 0 Å². The van der Waals surface area contributed by atoms with Gasteiger partial charge in [-0.25, -0.2) is 0 Å². The number of hydrogen-bond donors (Lipinski definition) is 0. The summed E-state index contributed by atoms with van der Waals surface area (Å²) in [5, 5.41) is 1.06. The lowest BCUT2D eigenvalue weighted by molar-refractivity contribution is 0.693. The minimum absolute atomic E-state index is 0.698. The zero-order valence-electron chi connectivity index (χ0n) is 6.08. The fourth-order valence-electron chi connectivity index (χ4n) is 0.426. The first-order valence-corrected chi connectivity index (χ1v) is 4.45. The molecule has 1 atom stereocenters. The Morgan fingerprint density at radius 1 is 1.44 bits per heavy atom. The smallest absolute Gasteiger partial charge is 0.0122 e. The summed E-state index contributed by atoms with van der Waals surface area (Å²) in [6, 6.07) is 0. The summed E-state index contributed by atoms with van der Waals surface area (Å²) in [7, 11) is 0. The van der Waals surface area contributed by atoms with E-state index in [2.05, 4.69) is 41.6 Å². The van der Waals surface area contributed by atoms with Gasteiger partial charge in [-0.2, -0.15) is 0 Å². The van der Waals surface area contributed by atoms with Crippen molar-refractivity contribution < 1.29 is 0 Å². The maximum Gasteiger partial charge on any atom is 0.0122 e. The maximum absolute atomic E-state index is 3.40. The monoisotopic (exact) mass is 188 g/mol. The van der Waals surface area contributed by atoms with Crippen LogP contribution in [0.5, 0.6) is 0 Å². The fourth-order valence-corrected chi connectivity index (χ4v) is 0.655. The van der Waals surface area contributed by atoms with E-state index in [0.29, 0.717) is 5.92 Å². The molecule has 0 aromatic carbocycles. The van der Waals surface area contributed by atoms with Crippen LogP contribution in [0.3, 0.4) is 0 Å². The maximum atomic E-state index is 3.40. The molecule has 0 aliphatic heterocycles. The first-order chi connectivity index (χ1) is 4.31. The van der Waals surface area contributed by atoms with E-state index >= 15 is 0 Å². The van der Waals surface area contributed by atoms with Crippen LogP contribution in [0, 0.1) is 17.8 Å². The van der Waals surface area contributed by atoms with Gasteiger partial charge in [0.25, 0.3) is 0 Å². The Bertz CT molecular complexity index is 107. The van der Waals surface area contributed by atoms with E-state index in [1.807, 2.05) is 0 Å². The Balaban J connectivity index is 3.25. The van der Waals surface area contributed by atoms with Gasteiger partial charge in [-0.05, 0) is 5.92 Å². The average Bonchev–Trinajstić information content (AvgIpc) is 1.89. The van der Waals surface area contributed by atoms with Gasteiger partial charge in [0.1, 0.15) is 0 Å². The highest BCUT2D eigenvalue weighted by atomic mass is 79.9. The molecule has 0 aliphatic carbocycles. The molecule has 0 aromatic rings. The van der Waals surface area contributed by atoms with E-state index in [1.165, 1.54) is 0 Å². The molecule has 0 N–H and O–H groups in total. The number of halogens is 1. The highest BCUT2D eigenvalue weighted by Gasteiger charge is 1.93. The lowest BCUT2D eigenvalue weighted by atomic mass is 10.1. The second kappa shape index (κ2) is 6.16. The van der Waals surface area contributed by atoms with Crippen LogP contribution in [-0.2, 0) is 0 Å². The summed E-state index contributed by atoms with van der Waals surface area (Å²) in [4.78, 5) is 0. The van der Waals surface area contributed by atoms with E-state index in [-0.39, 0.29) is 0 Å². The van der Waals surface area contributed by atoms with Crippen LogP contribution >= 0.6 is 15.9 Å². The van der Waals surface area contributed by atoms with Crippen molar-refractivity contribution in [1.82, 2.24) is 0 Å². The summed E-state index contributed by atoms with van der Waals surface area (Å²) in [5.74, 6) is 6.85. The molecule has 9 heavy (non-hydrogen) atoms. The van der Waals surface area contributed by atoms with Crippen LogP contribution in [0.25, 0.3) is 0 Å². The lowest BCUT2D eigenvalue weighted by Crippen LogP contribution is -1.91. The molecule has 1 unspecified atom stereocenters.